The summed E-state index contributed by atoms with van der Waals surface area (Å²) in [6.07, 6.45) is 2.13. The molecule has 1 aliphatic carbocycles. The zero-order valence-corrected chi connectivity index (χ0v) is 10.6. The van der Waals surface area contributed by atoms with E-state index in [2.05, 4.69) is 26.6 Å². The van der Waals surface area contributed by atoms with Gasteiger partial charge >= 0.3 is 6.03 Å². The van der Waals surface area contributed by atoms with Crippen molar-refractivity contribution in [1.29, 1.82) is 0 Å². The molecule has 1 aromatic carbocycles. The van der Waals surface area contributed by atoms with Gasteiger partial charge in [-0.15, -0.1) is 0 Å². The van der Waals surface area contributed by atoms with Gasteiger partial charge in [0.15, 0.2) is 0 Å². The first-order chi connectivity index (χ1) is 7.56. The molecule has 2 amide bonds. The van der Waals surface area contributed by atoms with Gasteiger partial charge in [-0.3, -0.25) is 0 Å². The SMILES string of the molecule is Cc1cc(N)c(NC(=O)NC2CC2)c(Br)c1. The molecule has 0 spiro atoms. The topological polar surface area (TPSA) is 67.1 Å². The van der Waals surface area contributed by atoms with Crippen LogP contribution in [0.15, 0.2) is 16.6 Å². The predicted molar refractivity (Wildman–Crippen MR) is 68.5 cm³/mol. The quantitative estimate of drug-likeness (QED) is 0.731. The molecule has 0 aliphatic heterocycles. The highest BCUT2D eigenvalue weighted by Gasteiger charge is 2.23. The summed E-state index contributed by atoms with van der Waals surface area (Å²) in [7, 11) is 0. The monoisotopic (exact) mass is 283 g/mol. The number of hydrogen-bond acceptors (Lipinski definition) is 2. The second kappa shape index (κ2) is 4.33. The van der Waals surface area contributed by atoms with E-state index in [0.717, 1.165) is 22.9 Å². The third-order valence-corrected chi connectivity index (χ3v) is 3.04. The largest absolute Gasteiger partial charge is 0.397 e. The third-order valence-electron chi connectivity index (χ3n) is 2.42. The molecule has 0 bridgehead atoms. The van der Waals surface area contributed by atoms with Crippen molar-refractivity contribution in [3.8, 4) is 0 Å². The molecule has 4 N–H and O–H groups in total. The summed E-state index contributed by atoms with van der Waals surface area (Å²) in [5.41, 5.74) is 8.09. The number of halogens is 1. The molecule has 1 aromatic rings. The lowest BCUT2D eigenvalue weighted by atomic mass is 10.2. The first kappa shape index (κ1) is 11.3. The molecule has 5 heteroatoms. The van der Waals surface area contributed by atoms with Gasteiger partial charge < -0.3 is 16.4 Å². The third kappa shape index (κ3) is 2.66. The minimum Gasteiger partial charge on any atom is -0.397 e. The second-order valence-corrected chi connectivity index (χ2v) is 4.94. The highest BCUT2D eigenvalue weighted by atomic mass is 79.9. The smallest absolute Gasteiger partial charge is 0.319 e. The lowest BCUT2D eigenvalue weighted by Crippen LogP contribution is -2.30. The van der Waals surface area contributed by atoms with Gasteiger partial charge in [0.05, 0.1) is 11.4 Å². The molecule has 0 heterocycles. The van der Waals surface area contributed by atoms with Crippen LogP contribution in [0.3, 0.4) is 0 Å². The zero-order valence-electron chi connectivity index (χ0n) is 9.01. The van der Waals surface area contributed by atoms with Gasteiger partial charge in [0.25, 0.3) is 0 Å². The minimum atomic E-state index is -0.196. The lowest BCUT2D eigenvalue weighted by molar-refractivity contribution is 0.251. The summed E-state index contributed by atoms with van der Waals surface area (Å²) in [5.74, 6) is 0. The molecule has 1 aliphatic rings. The van der Waals surface area contributed by atoms with Crippen molar-refractivity contribution >= 4 is 33.3 Å². The molecule has 16 heavy (non-hydrogen) atoms. The second-order valence-electron chi connectivity index (χ2n) is 4.08. The van der Waals surface area contributed by atoms with E-state index < -0.39 is 0 Å². The highest BCUT2D eigenvalue weighted by molar-refractivity contribution is 9.10. The number of nitrogens with two attached hydrogens (primary N) is 1. The number of anilines is 2. The fourth-order valence-corrected chi connectivity index (χ4v) is 2.15. The Kier molecular flexibility index (Phi) is 3.05. The van der Waals surface area contributed by atoms with E-state index in [0.29, 0.717) is 17.4 Å². The Morgan fingerprint density at radius 3 is 2.75 bits per heavy atom. The summed E-state index contributed by atoms with van der Waals surface area (Å²) in [4.78, 5) is 11.6. The lowest BCUT2D eigenvalue weighted by Gasteiger charge is -2.11. The van der Waals surface area contributed by atoms with Crippen molar-refractivity contribution in [1.82, 2.24) is 5.32 Å². The van der Waals surface area contributed by atoms with Crippen LogP contribution in [0.1, 0.15) is 18.4 Å². The number of rotatable bonds is 2. The molecule has 1 saturated carbocycles. The molecular formula is C11H14BrN3O. The predicted octanol–water partition coefficient (Wildman–Crippen LogP) is 2.62. The minimum absolute atomic E-state index is 0.196. The summed E-state index contributed by atoms with van der Waals surface area (Å²) in [6, 6.07) is 3.89. The van der Waals surface area contributed by atoms with Gasteiger partial charge in [-0.25, -0.2) is 4.79 Å². The molecule has 86 valence electrons. The number of hydrogen-bond donors (Lipinski definition) is 3. The molecule has 0 saturated heterocycles. The van der Waals surface area contributed by atoms with Crippen molar-refractivity contribution < 1.29 is 4.79 Å². The Hall–Kier alpha value is -1.23. The van der Waals surface area contributed by atoms with E-state index >= 15 is 0 Å². The normalized spacial score (nSPS) is 14.6. The number of nitrogen functional groups attached to an aromatic ring is 1. The van der Waals surface area contributed by atoms with Crippen molar-refractivity contribution in [3.05, 3.63) is 22.2 Å². The van der Waals surface area contributed by atoms with Crippen LogP contribution in [0, 0.1) is 6.92 Å². The molecular weight excluding hydrogens is 270 g/mol. The van der Waals surface area contributed by atoms with Crippen LogP contribution in [0.4, 0.5) is 16.2 Å². The Morgan fingerprint density at radius 2 is 2.19 bits per heavy atom. The molecule has 0 unspecified atom stereocenters. The molecule has 0 aromatic heterocycles. The Balaban J connectivity index is 2.10. The van der Waals surface area contributed by atoms with Gasteiger partial charge in [-0.1, -0.05) is 0 Å². The summed E-state index contributed by atoms with van der Waals surface area (Å²) in [6.45, 7) is 1.95. The molecule has 0 atom stereocenters. The van der Waals surface area contributed by atoms with Crippen molar-refractivity contribution in [2.45, 2.75) is 25.8 Å². The first-order valence-corrected chi connectivity index (χ1v) is 5.98. The van der Waals surface area contributed by atoms with E-state index in [1.165, 1.54) is 0 Å². The molecule has 1 fully saturated rings. The van der Waals surface area contributed by atoms with Gasteiger partial charge in [0, 0.05) is 10.5 Å². The maximum absolute atomic E-state index is 11.6. The number of carbonyl (C=O) groups excluding carboxylic acids is 1. The standard InChI is InChI=1S/C11H14BrN3O/c1-6-4-8(12)10(9(13)5-6)15-11(16)14-7-2-3-7/h4-5,7H,2-3,13H2,1H3,(H2,14,15,16). The number of aryl methyl sites for hydroxylation is 1. The summed E-state index contributed by atoms with van der Waals surface area (Å²) < 4.78 is 0.802. The number of carbonyl (C=O) groups is 1. The fourth-order valence-electron chi connectivity index (χ4n) is 1.46. The maximum atomic E-state index is 11.6. The van der Waals surface area contributed by atoms with E-state index in [1.807, 2.05) is 19.1 Å². The van der Waals surface area contributed by atoms with Gasteiger partial charge in [-0.05, 0) is 53.4 Å². The number of nitrogens with one attached hydrogen (secondary N) is 2. The van der Waals surface area contributed by atoms with E-state index in [-0.39, 0.29) is 6.03 Å². The fraction of sp³-hybridized carbons (Fsp3) is 0.364. The van der Waals surface area contributed by atoms with E-state index in [4.69, 9.17) is 5.73 Å². The highest BCUT2D eigenvalue weighted by Crippen LogP contribution is 2.30. The molecule has 2 rings (SSSR count). The van der Waals surface area contributed by atoms with Gasteiger partial charge in [-0.2, -0.15) is 0 Å². The van der Waals surface area contributed by atoms with Crippen LogP contribution in [0.2, 0.25) is 0 Å². The van der Waals surface area contributed by atoms with Crippen LogP contribution in [0.5, 0.6) is 0 Å². The Morgan fingerprint density at radius 1 is 1.50 bits per heavy atom. The summed E-state index contributed by atoms with van der Waals surface area (Å²) in [5, 5.41) is 5.60. The van der Waals surface area contributed by atoms with Crippen LogP contribution in [-0.4, -0.2) is 12.1 Å². The van der Waals surface area contributed by atoms with Crippen molar-refractivity contribution in [2.75, 3.05) is 11.1 Å². The Bertz CT molecular complexity index is 406. The first-order valence-electron chi connectivity index (χ1n) is 5.19. The van der Waals surface area contributed by atoms with Crippen LogP contribution >= 0.6 is 15.9 Å². The van der Waals surface area contributed by atoms with E-state index in [1.54, 1.807) is 0 Å². The maximum Gasteiger partial charge on any atom is 0.319 e. The van der Waals surface area contributed by atoms with Crippen molar-refractivity contribution in [3.63, 3.8) is 0 Å². The Labute approximate surface area is 103 Å². The van der Waals surface area contributed by atoms with Gasteiger partial charge in [0.2, 0.25) is 0 Å². The number of benzene rings is 1. The van der Waals surface area contributed by atoms with Crippen LogP contribution in [-0.2, 0) is 0 Å². The molecule has 4 nitrogen and oxygen atoms in total. The average Bonchev–Trinajstić information content (AvgIpc) is 2.95. The van der Waals surface area contributed by atoms with Crippen LogP contribution < -0.4 is 16.4 Å². The number of amides is 2. The van der Waals surface area contributed by atoms with Crippen molar-refractivity contribution in [2.24, 2.45) is 0 Å². The average molecular weight is 284 g/mol. The number of urea groups is 1. The van der Waals surface area contributed by atoms with Crippen LogP contribution in [0.25, 0.3) is 0 Å². The molecule has 0 radical (unpaired) electrons. The zero-order chi connectivity index (χ0) is 11.7. The van der Waals surface area contributed by atoms with Gasteiger partial charge in [0.1, 0.15) is 0 Å². The van der Waals surface area contributed by atoms with E-state index in [9.17, 15) is 4.79 Å². The summed E-state index contributed by atoms with van der Waals surface area (Å²) >= 11 is 3.39.